The first-order valence-electron chi connectivity index (χ1n) is 6.11. The van der Waals surface area contributed by atoms with Gasteiger partial charge in [0.25, 0.3) is 0 Å². The summed E-state index contributed by atoms with van der Waals surface area (Å²) in [5, 5.41) is 3.48. The van der Waals surface area contributed by atoms with Crippen molar-refractivity contribution in [3.8, 4) is 0 Å². The molecule has 0 unspecified atom stereocenters. The van der Waals surface area contributed by atoms with E-state index in [4.69, 9.17) is 0 Å². The largest absolute Gasteiger partial charge is 0.317 e. The molecule has 80 valence electrons. The fourth-order valence-corrected chi connectivity index (χ4v) is 3.34. The molecule has 1 aliphatic heterocycles. The van der Waals surface area contributed by atoms with Crippen LogP contribution in [0.3, 0.4) is 0 Å². The van der Waals surface area contributed by atoms with Crippen molar-refractivity contribution in [2.24, 2.45) is 0 Å². The van der Waals surface area contributed by atoms with E-state index in [1.807, 2.05) is 0 Å². The van der Waals surface area contributed by atoms with E-state index < -0.39 is 0 Å². The lowest BCUT2D eigenvalue weighted by atomic mass is 9.74. The first kappa shape index (κ1) is 9.41. The number of hydrogen-bond donors (Lipinski definition) is 1. The normalized spacial score (nSPS) is 23.0. The van der Waals surface area contributed by atoms with Crippen LogP contribution in [-0.2, 0) is 11.8 Å². The molecule has 0 amide bonds. The monoisotopic (exact) mass is 201 g/mol. The maximum Gasteiger partial charge on any atom is -0.00169 e. The van der Waals surface area contributed by atoms with Crippen LogP contribution in [0.4, 0.5) is 0 Å². The first-order chi connectivity index (χ1) is 7.30. The molecule has 0 radical (unpaired) electrons. The van der Waals surface area contributed by atoms with Crippen molar-refractivity contribution in [1.29, 1.82) is 0 Å². The van der Waals surface area contributed by atoms with Gasteiger partial charge in [0.1, 0.15) is 0 Å². The zero-order chi connectivity index (χ0) is 10.3. The predicted molar refractivity (Wildman–Crippen MR) is 63.3 cm³/mol. The van der Waals surface area contributed by atoms with Gasteiger partial charge in [0.15, 0.2) is 0 Å². The summed E-state index contributed by atoms with van der Waals surface area (Å²) >= 11 is 0. The third-order valence-electron chi connectivity index (χ3n) is 4.27. The summed E-state index contributed by atoms with van der Waals surface area (Å²) in [7, 11) is 0. The quantitative estimate of drug-likeness (QED) is 0.680. The van der Waals surface area contributed by atoms with E-state index in [0.29, 0.717) is 5.41 Å². The highest BCUT2D eigenvalue weighted by Gasteiger charge is 2.39. The Kier molecular flexibility index (Phi) is 2.10. The topological polar surface area (TPSA) is 12.0 Å². The molecular formula is C14H19N. The van der Waals surface area contributed by atoms with Crippen LogP contribution in [0.1, 0.15) is 36.0 Å². The first-order valence-corrected chi connectivity index (χ1v) is 6.11. The summed E-state index contributed by atoms with van der Waals surface area (Å²) < 4.78 is 0. The lowest BCUT2D eigenvalue weighted by Crippen LogP contribution is -2.38. The SMILES string of the molecule is Cc1ccc2c(c1)C1(CCNCC1)CC2. The average molecular weight is 201 g/mol. The van der Waals surface area contributed by atoms with Gasteiger partial charge < -0.3 is 5.32 Å². The van der Waals surface area contributed by atoms with Crippen molar-refractivity contribution in [2.75, 3.05) is 13.1 Å². The Balaban J connectivity index is 2.05. The maximum atomic E-state index is 3.48. The molecule has 0 atom stereocenters. The predicted octanol–water partition coefficient (Wildman–Crippen LogP) is 2.56. The molecule has 1 spiro atoms. The summed E-state index contributed by atoms with van der Waals surface area (Å²) in [6.45, 7) is 4.62. The van der Waals surface area contributed by atoms with Gasteiger partial charge in [-0.2, -0.15) is 0 Å². The van der Waals surface area contributed by atoms with Gasteiger partial charge >= 0.3 is 0 Å². The molecule has 0 bridgehead atoms. The smallest absolute Gasteiger partial charge is 0.00169 e. The van der Waals surface area contributed by atoms with Crippen LogP contribution in [0.2, 0.25) is 0 Å². The lowest BCUT2D eigenvalue weighted by molar-refractivity contribution is 0.306. The van der Waals surface area contributed by atoms with Gasteiger partial charge in [-0.1, -0.05) is 23.8 Å². The molecular weight excluding hydrogens is 182 g/mol. The molecule has 1 aliphatic carbocycles. The Hall–Kier alpha value is -0.820. The second-order valence-electron chi connectivity index (χ2n) is 5.19. The third kappa shape index (κ3) is 1.41. The minimum atomic E-state index is 0.534. The standard InChI is InChI=1S/C14H19N/c1-11-2-3-12-4-5-14(13(12)10-11)6-8-15-9-7-14/h2-3,10,15H,4-9H2,1H3. The van der Waals surface area contributed by atoms with Gasteiger partial charge in [0.2, 0.25) is 0 Å². The van der Waals surface area contributed by atoms with Gasteiger partial charge in [-0.15, -0.1) is 0 Å². The highest BCUT2D eigenvalue weighted by Crippen LogP contribution is 2.45. The highest BCUT2D eigenvalue weighted by molar-refractivity contribution is 5.42. The molecule has 15 heavy (non-hydrogen) atoms. The molecule has 1 fully saturated rings. The summed E-state index contributed by atoms with van der Waals surface area (Å²) in [6.07, 6.45) is 5.36. The van der Waals surface area contributed by atoms with E-state index in [-0.39, 0.29) is 0 Å². The van der Waals surface area contributed by atoms with Crippen LogP contribution >= 0.6 is 0 Å². The molecule has 1 N–H and O–H groups in total. The van der Waals surface area contributed by atoms with Crippen LogP contribution in [0.25, 0.3) is 0 Å². The Morgan fingerprint density at radius 2 is 1.93 bits per heavy atom. The van der Waals surface area contributed by atoms with Crippen LogP contribution in [0, 0.1) is 6.92 Å². The fraction of sp³-hybridized carbons (Fsp3) is 0.571. The zero-order valence-electron chi connectivity index (χ0n) is 9.47. The van der Waals surface area contributed by atoms with E-state index in [2.05, 4.69) is 30.4 Å². The van der Waals surface area contributed by atoms with Crippen LogP contribution < -0.4 is 5.32 Å². The summed E-state index contributed by atoms with van der Waals surface area (Å²) in [5.41, 5.74) is 5.24. The second-order valence-corrected chi connectivity index (χ2v) is 5.19. The maximum absolute atomic E-state index is 3.48. The Morgan fingerprint density at radius 3 is 2.73 bits per heavy atom. The van der Waals surface area contributed by atoms with E-state index in [1.54, 1.807) is 11.1 Å². The Morgan fingerprint density at radius 1 is 1.13 bits per heavy atom. The third-order valence-corrected chi connectivity index (χ3v) is 4.27. The van der Waals surface area contributed by atoms with Crippen molar-refractivity contribution in [3.63, 3.8) is 0 Å². The van der Waals surface area contributed by atoms with Gasteiger partial charge in [-0.3, -0.25) is 0 Å². The Labute approximate surface area is 91.9 Å². The van der Waals surface area contributed by atoms with Crippen molar-refractivity contribution >= 4 is 0 Å². The molecule has 0 saturated carbocycles. The number of piperidine rings is 1. The number of rotatable bonds is 0. The molecule has 1 aromatic rings. The average Bonchev–Trinajstić information content (AvgIpc) is 2.59. The molecule has 3 rings (SSSR count). The molecule has 1 heteroatoms. The second kappa shape index (κ2) is 3.34. The number of aryl methyl sites for hydroxylation is 2. The van der Waals surface area contributed by atoms with Gasteiger partial charge in [-0.25, -0.2) is 0 Å². The molecule has 1 saturated heterocycles. The zero-order valence-corrected chi connectivity index (χ0v) is 9.47. The lowest BCUT2D eigenvalue weighted by Gasteiger charge is -2.35. The van der Waals surface area contributed by atoms with Crippen LogP contribution in [0.5, 0.6) is 0 Å². The van der Waals surface area contributed by atoms with E-state index in [9.17, 15) is 0 Å². The molecule has 1 nitrogen and oxygen atoms in total. The van der Waals surface area contributed by atoms with Crippen LogP contribution in [0.15, 0.2) is 18.2 Å². The molecule has 0 aromatic heterocycles. The minimum absolute atomic E-state index is 0.534. The summed E-state index contributed by atoms with van der Waals surface area (Å²) in [5.74, 6) is 0. The van der Waals surface area contributed by atoms with E-state index >= 15 is 0 Å². The number of nitrogens with one attached hydrogen (secondary N) is 1. The summed E-state index contributed by atoms with van der Waals surface area (Å²) in [4.78, 5) is 0. The van der Waals surface area contributed by atoms with Crippen molar-refractivity contribution < 1.29 is 0 Å². The minimum Gasteiger partial charge on any atom is -0.317 e. The van der Waals surface area contributed by atoms with Crippen molar-refractivity contribution in [1.82, 2.24) is 5.32 Å². The van der Waals surface area contributed by atoms with E-state index in [1.165, 1.54) is 44.3 Å². The number of fused-ring (bicyclic) bond motifs is 2. The van der Waals surface area contributed by atoms with E-state index in [0.717, 1.165) is 0 Å². The van der Waals surface area contributed by atoms with Crippen molar-refractivity contribution in [3.05, 3.63) is 34.9 Å². The van der Waals surface area contributed by atoms with Gasteiger partial charge in [-0.05, 0) is 62.2 Å². The highest BCUT2D eigenvalue weighted by atomic mass is 14.9. The number of hydrogen-bond acceptors (Lipinski definition) is 1. The number of benzene rings is 1. The molecule has 1 heterocycles. The van der Waals surface area contributed by atoms with Gasteiger partial charge in [0, 0.05) is 0 Å². The van der Waals surface area contributed by atoms with Gasteiger partial charge in [0.05, 0.1) is 0 Å². The van der Waals surface area contributed by atoms with Crippen molar-refractivity contribution in [2.45, 2.75) is 38.0 Å². The molecule has 2 aliphatic rings. The fourth-order valence-electron chi connectivity index (χ4n) is 3.34. The molecule has 1 aromatic carbocycles. The van der Waals surface area contributed by atoms with Crippen LogP contribution in [-0.4, -0.2) is 13.1 Å². The summed E-state index contributed by atoms with van der Waals surface area (Å²) in [6, 6.07) is 7.05. The Bertz CT molecular complexity index is 369.